The van der Waals surface area contributed by atoms with E-state index in [-0.39, 0.29) is 113 Å². The lowest BCUT2D eigenvalue weighted by Crippen LogP contribution is -2.60. The molecule has 514 valence electrons. The van der Waals surface area contributed by atoms with Crippen LogP contribution in [-0.2, 0) is 72.5 Å². The number of hydrogen-bond acceptors (Lipinski definition) is 21. The highest BCUT2D eigenvalue weighted by atomic mass is 16.4. The van der Waals surface area contributed by atoms with Crippen molar-refractivity contribution in [2.45, 2.75) is 120 Å². The van der Waals surface area contributed by atoms with Crippen LogP contribution in [0.2, 0.25) is 0 Å². The molecule has 13 amide bonds. The quantitative estimate of drug-likeness (QED) is 0.0185. The van der Waals surface area contributed by atoms with E-state index in [0.717, 1.165) is 36.8 Å². The van der Waals surface area contributed by atoms with Gasteiger partial charge in [0.2, 0.25) is 76.8 Å². The lowest BCUT2D eigenvalue weighted by molar-refractivity contribution is -0.131. The maximum absolute atomic E-state index is 14.6. The van der Waals surface area contributed by atoms with Crippen molar-refractivity contribution in [3.05, 3.63) is 88.8 Å². The molecule has 95 heavy (non-hydrogen) atoms. The molecule has 37 nitrogen and oxygen atoms in total. The van der Waals surface area contributed by atoms with Crippen molar-refractivity contribution in [3.63, 3.8) is 0 Å². The van der Waals surface area contributed by atoms with Crippen LogP contribution < -0.4 is 75.7 Å². The van der Waals surface area contributed by atoms with Gasteiger partial charge in [0.25, 0.3) is 0 Å². The molecule has 0 fully saturated rings. The molecule has 0 spiro atoms. The summed E-state index contributed by atoms with van der Waals surface area (Å²) in [5.41, 5.74) is 11.3. The molecule has 3 unspecified atom stereocenters. The number of nitrogens with one attached hydrogen (secondary N) is 11. The number of nitrogens with zero attached hydrogens (tertiary/aromatic N) is 3. The number of amides is 13. The van der Waals surface area contributed by atoms with E-state index in [9.17, 15) is 96.8 Å². The normalized spacial score (nSPS) is 12.4. The summed E-state index contributed by atoms with van der Waals surface area (Å²) in [6, 6.07) is -0.319. The van der Waals surface area contributed by atoms with Crippen LogP contribution in [0.5, 0.6) is 0 Å². The number of nitrogens with two attached hydrogens (primary N) is 3. The fourth-order valence-electron chi connectivity index (χ4n) is 9.02. The van der Waals surface area contributed by atoms with E-state index in [4.69, 9.17) is 17.2 Å². The van der Waals surface area contributed by atoms with E-state index >= 15 is 0 Å². The largest absolute Gasteiger partial charge is 0.477 e. The maximum Gasteiger partial charge on any atom is 0.354 e. The van der Waals surface area contributed by atoms with Crippen LogP contribution in [0.15, 0.2) is 55.0 Å². The van der Waals surface area contributed by atoms with E-state index in [1.54, 1.807) is 0 Å². The first-order valence-corrected chi connectivity index (χ1v) is 29.5. The third-order valence-electron chi connectivity index (χ3n) is 13.7. The minimum absolute atomic E-state index is 0.0211. The predicted octanol–water partition coefficient (Wildman–Crippen LogP) is -6.12. The number of carbonyl (C=O) groups is 17. The van der Waals surface area contributed by atoms with Gasteiger partial charge in [0, 0.05) is 122 Å². The Morgan fingerprint density at radius 2 is 0.758 bits per heavy atom. The van der Waals surface area contributed by atoms with Crippen molar-refractivity contribution in [1.82, 2.24) is 73.4 Å². The van der Waals surface area contributed by atoms with Crippen molar-refractivity contribution >= 4 is 101 Å². The third-order valence-corrected chi connectivity index (χ3v) is 13.7. The van der Waals surface area contributed by atoms with Gasteiger partial charge in [-0.05, 0) is 79.8 Å². The maximum atomic E-state index is 14.6. The van der Waals surface area contributed by atoms with Crippen LogP contribution in [0.1, 0.15) is 133 Å². The van der Waals surface area contributed by atoms with Gasteiger partial charge in [-0.1, -0.05) is 0 Å². The zero-order chi connectivity index (χ0) is 70.8. The van der Waals surface area contributed by atoms with Crippen molar-refractivity contribution in [1.29, 1.82) is 0 Å². The van der Waals surface area contributed by atoms with Gasteiger partial charge in [0.1, 0.15) is 53.6 Å². The van der Waals surface area contributed by atoms with Crippen molar-refractivity contribution in [2.75, 3.05) is 45.8 Å². The van der Waals surface area contributed by atoms with Crippen molar-refractivity contribution in [3.8, 4) is 0 Å². The molecule has 37 heteroatoms. The summed E-state index contributed by atoms with van der Waals surface area (Å²) >= 11 is 0. The van der Waals surface area contributed by atoms with Gasteiger partial charge in [0.15, 0.2) is 0 Å². The van der Waals surface area contributed by atoms with E-state index in [1.165, 1.54) is 32.0 Å². The molecule has 0 aliphatic heterocycles. The number of aromatic nitrogens is 3. The van der Waals surface area contributed by atoms with E-state index < -0.39 is 167 Å². The van der Waals surface area contributed by atoms with Gasteiger partial charge in [-0.15, -0.1) is 0 Å². The molecule has 0 radical (unpaired) electrons. The fourth-order valence-corrected chi connectivity index (χ4v) is 9.02. The molecule has 0 aliphatic rings. The highest BCUT2D eigenvalue weighted by Crippen LogP contribution is 2.43. The van der Waals surface area contributed by atoms with Crippen LogP contribution in [-0.4, -0.2) is 207 Å². The monoisotopic (exact) mass is 1330 g/mol. The van der Waals surface area contributed by atoms with E-state index in [1.807, 2.05) is 0 Å². The lowest BCUT2D eigenvalue weighted by atomic mass is 9.64. The molecule has 3 aromatic rings. The molecule has 5 atom stereocenters. The molecular formula is C58H77N17O20. The van der Waals surface area contributed by atoms with Gasteiger partial charge in [-0.2, -0.15) is 0 Å². The smallest absolute Gasteiger partial charge is 0.354 e. The minimum atomic E-state index is -2.30. The van der Waals surface area contributed by atoms with Gasteiger partial charge in [-0.25, -0.2) is 29.3 Å². The fraction of sp³-hybridized carbons (Fsp3) is 0.448. The topological polar surface area (TPSA) is 600 Å². The van der Waals surface area contributed by atoms with Crippen molar-refractivity contribution < 1.29 is 96.8 Å². The number of aldehydes is 1. The third kappa shape index (κ3) is 26.4. The Hall–Kier alpha value is -11.4. The molecule has 0 saturated carbocycles. The number of aromatic carboxylic acids is 3. The van der Waals surface area contributed by atoms with Gasteiger partial charge < -0.3 is 95.8 Å². The highest BCUT2D eigenvalue weighted by molar-refractivity contribution is 5.95. The molecule has 20 N–H and O–H groups in total. The number of primary amides is 2. The minimum Gasteiger partial charge on any atom is -0.477 e. The molecule has 3 aromatic heterocycles. The number of carboxylic acid groups (broad SMARTS) is 3. The average molecular weight is 1330 g/mol. The highest BCUT2D eigenvalue weighted by Gasteiger charge is 2.49. The summed E-state index contributed by atoms with van der Waals surface area (Å²) in [4.78, 5) is 227. The number of hydrogen-bond donors (Lipinski definition) is 17. The second-order valence-electron chi connectivity index (χ2n) is 20.9. The number of carbonyl (C=O) groups excluding carboxylic acids is 14. The summed E-state index contributed by atoms with van der Waals surface area (Å²) in [6.45, 7) is 1.08. The van der Waals surface area contributed by atoms with E-state index in [0.29, 0.717) is 6.29 Å². The standard InChI is InChI=1S/C58H77N17O20/c1-31(71-44(80)12-22-65-43(79)8-17-59)50(85)67-23-14-46(82)73-36(4-6-41(60)77)52(87)69-25-13-45(81)72-32(2)51(86)68-24-15-47(83)74-37(5-7-42(61)78)53(88)70-26-16-48(84)75-49(54(89)66-18-3-27-76)58(33-9-19-62-38(28-33)55(90)91,34-10-20-63-39(29-34)56(92)93)35-11-21-64-40(30-35)57(94)95/h9-11,19-21,27-32,36-37,49H,3-8,12-18,22-26,59H2,1-2H3,(H2,60,77)(H2,61,78)(H,65,79)(H,66,89)(H,67,85)(H,68,86)(H,69,87)(H,70,88)(H,71,80)(H,72,81)(H,73,82)(H,74,83)(H,75,84)(H,90,91)(H,92,93)(H,94,95)/t31?,32?,36-,37-,49?/m0/s1. The molecule has 3 rings (SSSR count). The molecule has 0 aliphatic carbocycles. The van der Waals surface area contributed by atoms with Crippen LogP contribution in [0, 0.1) is 0 Å². The summed E-state index contributed by atoms with van der Waals surface area (Å²) in [5.74, 6) is -14.8. The second kappa shape index (κ2) is 39.8. The van der Waals surface area contributed by atoms with Crippen molar-refractivity contribution in [2.24, 2.45) is 17.2 Å². The summed E-state index contributed by atoms with van der Waals surface area (Å²) < 4.78 is 0. The first kappa shape index (κ1) is 77.8. The van der Waals surface area contributed by atoms with Crippen LogP contribution in [0.4, 0.5) is 0 Å². The Balaban J connectivity index is 1.64. The Labute approximate surface area is 541 Å². The summed E-state index contributed by atoms with van der Waals surface area (Å²) in [7, 11) is 0. The molecule has 0 aromatic carbocycles. The number of pyridine rings is 3. The molecular weight excluding hydrogens is 1250 g/mol. The van der Waals surface area contributed by atoms with Crippen LogP contribution >= 0.6 is 0 Å². The molecule has 0 bridgehead atoms. The van der Waals surface area contributed by atoms with Gasteiger partial charge in [0.05, 0.1) is 5.41 Å². The average Bonchev–Trinajstić information content (AvgIpc) is 0.734. The second-order valence-corrected chi connectivity index (χ2v) is 20.9. The predicted molar refractivity (Wildman–Crippen MR) is 327 cm³/mol. The number of carboxylic acids is 3. The molecule has 0 saturated heterocycles. The zero-order valence-electron chi connectivity index (χ0n) is 51.7. The Morgan fingerprint density at radius 1 is 0.432 bits per heavy atom. The lowest BCUT2D eigenvalue weighted by Gasteiger charge is -2.42. The zero-order valence-corrected chi connectivity index (χ0v) is 51.7. The first-order chi connectivity index (χ1) is 45.0. The Morgan fingerprint density at radius 3 is 1.09 bits per heavy atom. The summed E-state index contributed by atoms with van der Waals surface area (Å²) in [5, 5.41) is 57.1. The molecule has 3 heterocycles. The van der Waals surface area contributed by atoms with Gasteiger partial charge >= 0.3 is 17.9 Å². The van der Waals surface area contributed by atoms with Crippen LogP contribution in [0.25, 0.3) is 0 Å². The number of rotatable bonds is 43. The van der Waals surface area contributed by atoms with Crippen LogP contribution in [0.3, 0.4) is 0 Å². The Bertz CT molecular complexity index is 3190. The first-order valence-electron chi connectivity index (χ1n) is 29.5. The van der Waals surface area contributed by atoms with Gasteiger partial charge in [-0.3, -0.25) is 62.3 Å². The Kier molecular flexibility index (Phi) is 32.6. The SMILES string of the molecule is CC(NC(=O)CCNC(=O)CCN)C(=O)NCCC(=O)N[C@@H](CCC(N)=O)C(=O)NCCC(=O)NC(C)C(=O)NCCC(=O)N[C@@H](CCC(N)=O)C(=O)NCCC(=O)NC(C(=O)NCCC=O)C(c1ccnc(C(=O)O)c1)(c1ccnc(C(=O)O)c1)c1ccnc(C(=O)O)c1. The summed E-state index contributed by atoms with van der Waals surface area (Å²) in [6.07, 6.45) is 0.0659. The van der Waals surface area contributed by atoms with E-state index in [2.05, 4.69) is 73.4 Å².